The van der Waals surface area contributed by atoms with E-state index in [9.17, 15) is 0 Å². The first-order chi connectivity index (χ1) is 12.6. The van der Waals surface area contributed by atoms with Crippen LogP contribution in [0, 0.1) is 0 Å². The number of benzene rings is 2. The van der Waals surface area contributed by atoms with Crippen LogP contribution in [-0.2, 0) is 13.1 Å². The van der Waals surface area contributed by atoms with Gasteiger partial charge in [-0.05, 0) is 17.7 Å². The number of methoxy groups -OCH3 is 3. The molecular weight excluding hydrogens is 457 g/mol. The molecule has 2 rings (SSSR count). The second kappa shape index (κ2) is 11.5. The first kappa shape index (κ1) is 22.9. The lowest BCUT2D eigenvalue weighted by Gasteiger charge is -2.20. The molecule has 0 aliphatic carbocycles. The monoisotopic (exact) mass is 485 g/mol. The Hall–Kier alpha value is -2.16. The molecule has 0 aliphatic rings. The highest BCUT2D eigenvalue weighted by Crippen LogP contribution is 2.39. The van der Waals surface area contributed by atoms with E-state index < -0.39 is 0 Å². The van der Waals surface area contributed by atoms with Crippen LogP contribution in [-0.4, -0.2) is 46.3 Å². The summed E-state index contributed by atoms with van der Waals surface area (Å²) in [6, 6.07) is 14.0. The van der Waals surface area contributed by atoms with Gasteiger partial charge in [0.25, 0.3) is 0 Å². The average Bonchev–Trinajstić information content (AvgIpc) is 2.67. The fourth-order valence-electron chi connectivity index (χ4n) is 2.58. The van der Waals surface area contributed by atoms with Crippen molar-refractivity contribution >= 4 is 29.9 Å². The van der Waals surface area contributed by atoms with E-state index in [-0.39, 0.29) is 24.0 Å². The first-order valence-corrected chi connectivity index (χ1v) is 8.38. The predicted molar refractivity (Wildman–Crippen MR) is 120 cm³/mol. The standard InChI is InChI=1S/C20H27N3O3.HI/c1-23(2)20(21-13-15-9-7-6-8-10-15)22-14-16-11-12-17(24-3)19(26-5)18(16)25-4;/h6-12H,13-14H2,1-5H3,(H,21,22);1H. The van der Waals surface area contributed by atoms with Gasteiger partial charge in [-0.2, -0.15) is 0 Å². The summed E-state index contributed by atoms with van der Waals surface area (Å²) in [5.41, 5.74) is 2.12. The van der Waals surface area contributed by atoms with Crippen molar-refractivity contribution in [1.82, 2.24) is 10.2 Å². The lowest BCUT2D eigenvalue weighted by atomic mass is 10.1. The number of halogens is 1. The predicted octanol–water partition coefficient (Wildman–Crippen LogP) is 3.54. The number of rotatable bonds is 7. The van der Waals surface area contributed by atoms with Gasteiger partial charge in [0.1, 0.15) is 0 Å². The maximum atomic E-state index is 5.53. The van der Waals surface area contributed by atoms with Crippen molar-refractivity contribution in [3.05, 3.63) is 53.6 Å². The molecule has 0 aromatic heterocycles. The number of nitrogens with one attached hydrogen (secondary N) is 1. The van der Waals surface area contributed by atoms with Gasteiger partial charge in [0, 0.05) is 26.2 Å². The number of nitrogens with zero attached hydrogens (tertiary/aromatic N) is 2. The Morgan fingerprint density at radius 3 is 2.15 bits per heavy atom. The van der Waals surface area contributed by atoms with Gasteiger partial charge in [-0.3, -0.25) is 0 Å². The highest BCUT2D eigenvalue weighted by molar-refractivity contribution is 14.0. The fourth-order valence-corrected chi connectivity index (χ4v) is 2.58. The van der Waals surface area contributed by atoms with E-state index in [4.69, 9.17) is 14.2 Å². The van der Waals surface area contributed by atoms with E-state index in [1.165, 1.54) is 0 Å². The van der Waals surface area contributed by atoms with Crippen LogP contribution in [0.4, 0.5) is 0 Å². The third-order valence-electron chi connectivity index (χ3n) is 3.90. The van der Waals surface area contributed by atoms with Crippen LogP contribution < -0.4 is 19.5 Å². The summed E-state index contributed by atoms with van der Waals surface area (Å²) in [4.78, 5) is 6.63. The molecule has 0 radical (unpaired) electrons. The van der Waals surface area contributed by atoms with Crippen LogP contribution in [0.2, 0.25) is 0 Å². The van der Waals surface area contributed by atoms with Crippen molar-refractivity contribution in [3.8, 4) is 17.2 Å². The molecule has 2 aromatic rings. The van der Waals surface area contributed by atoms with Gasteiger partial charge in [-0.1, -0.05) is 30.3 Å². The van der Waals surface area contributed by atoms with Gasteiger partial charge in [-0.15, -0.1) is 24.0 Å². The second-order valence-electron chi connectivity index (χ2n) is 5.87. The topological polar surface area (TPSA) is 55.3 Å². The number of hydrogen-bond donors (Lipinski definition) is 1. The third kappa shape index (κ3) is 6.20. The molecule has 0 unspecified atom stereocenters. The molecule has 0 amide bonds. The van der Waals surface area contributed by atoms with Gasteiger partial charge < -0.3 is 24.4 Å². The summed E-state index contributed by atoms with van der Waals surface area (Å²) in [7, 11) is 8.75. The molecule has 0 aliphatic heterocycles. The lowest BCUT2D eigenvalue weighted by molar-refractivity contribution is 0.322. The Kier molecular flexibility index (Phi) is 9.77. The summed E-state index contributed by atoms with van der Waals surface area (Å²) in [5, 5.41) is 3.37. The number of guanidine groups is 1. The Labute approximate surface area is 178 Å². The van der Waals surface area contributed by atoms with Crippen LogP contribution in [0.15, 0.2) is 47.5 Å². The third-order valence-corrected chi connectivity index (χ3v) is 3.90. The number of ether oxygens (including phenoxy) is 3. The highest BCUT2D eigenvalue weighted by atomic mass is 127. The van der Waals surface area contributed by atoms with Gasteiger partial charge in [0.2, 0.25) is 5.75 Å². The zero-order valence-corrected chi connectivity index (χ0v) is 18.8. The van der Waals surface area contributed by atoms with Crippen LogP contribution in [0.5, 0.6) is 17.2 Å². The molecular formula is C20H28IN3O3. The lowest BCUT2D eigenvalue weighted by Crippen LogP contribution is -2.36. The Balaban J connectivity index is 0.00000364. The summed E-state index contributed by atoms with van der Waals surface area (Å²) in [6.45, 7) is 1.17. The van der Waals surface area contributed by atoms with Crippen molar-refractivity contribution in [2.45, 2.75) is 13.1 Å². The van der Waals surface area contributed by atoms with Crippen LogP contribution in [0.25, 0.3) is 0 Å². The Morgan fingerprint density at radius 1 is 0.926 bits per heavy atom. The SMILES string of the molecule is COc1ccc(CNC(=NCc2ccccc2)N(C)C)c(OC)c1OC.I. The van der Waals surface area contributed by atoms with Crippen molar-refractivity contribution in [2.24, 2.45) is 4.99 Å². The zero-order chi connectivity index (χ0) is 18.9. The van der Waals surface area contributed by atoms with Crippen molar-refractivity contribution in [1.29, 1.82) is 0 Å². The molecule has 0 saturated carbocycles. The Morgan fingerprint density at radius 2 is 1.59 bits per heavy atom. The molecule has 27 heavy (non-hydrogen) atoms. The summed E-state index contributed by atoms with van der Waals surface area (Å²) in [6.07, 6.45) is 0. The molecule has 7 heteroatoms. The fraction of sp³-hybridized carbons (Fsp3) is 0.350. The number of aliphatic imine (C=N–C) groups is 1. The van der Waals surface area contributed by atoms with E-state index in [0.717, 1.165) is 17.1 Å². The summed E-state index contributed by atoms with van der Waals surface area (Å²) < 4.78 is 16.3. The van der Waals surface area contributed by atoms with Crippen molar-refractivity contribution < 1.29 is 14.2 Å². The first-order valence-electron chi connectivity index (χ1n) is 8.38. The number of hydrogen-bond acceptors (Lipinski definition) is 4. The second-order valence-corrected chi connectivity index (χ2v) is 5.87. The minimum absolute atomic E-state index is 0. The van der Waals surface area contributed by atoms with E-state index in [1.807, 2.05) is 49.3 Å². The van der Waals surface area contributed by atoms with E-state index >= 15 is 0 Å². The van der Waals surface area contributed by atoms with Gasteiger partial charge in [0.05, 0.1) is 27.9 Å². The molecule has 148 valence electrons. The quantitative estimate of drug-likeness (QED) is 0.370. The smallest absolute Gasteiger partial charge is 0.203 e. The van der Waals surface area contributed by atoms with Crippen molar-refractivity contribution in [3.63, 3.8) is 0 Å². The van der Waals surface area contributed by atoms with E-state index in [2.05, 4.69) is 22.4 Å². The van der Waals surface area contributed by atoms with Gasteiger partial charge in [0.15, 0.2) is 17.5 Å². The zero-order valence-electron chi connectivity index (χ0n) is 16.5. The molecule has 0 atom stereocenters. The minimum Gasteiger partial charge on any atom is -0.493 e. The molecule has 0 heterocycles. The normalized spacial score (nSPS) is 10.6. The Bertz CT molecular complexity index is 737. The molecule has 6 nitrogen and oxygen atoms in total. The van der Waals surface area contributed by atoms with Crippen LogP contribution in [0.3, 0.4) is 0 Å². The summed E-state index contributed by atoms with van der Waals surface area (Å²) in [5.74, 6) is 2.67. The molecule has 2 aromatic carbocycles. The van der Waals surface area contributed by atoms with E-state index in [1.54, 1.807) is 21.3 Å². The maximum Gasteiger partial charge on any atom is 0.203 e. The molecule has 1 N–H and O–H groups in total. The molecule has 0 spiro atoms. The highest BCUT2D eigenvalue weighted by Gasteiger charge is 2.16. The molecule has 0 bridgehead atoms. The van der Waals surface area contributed by atoms with Crippen LogP contribution >= 0.6 is 24.0 Å². The van der Waals surface area contributed by atoms with Gasteiger partial charge >= 0.3 is 0 Å². The summed E-state index contributed by atoms with van der Waals surface area (Å²) >= 11 is 0. The van der Waals surface area contributed by atoms with Crippen LogP contribution in [0.1, 0.15) is 11.1 Å². The largest absolute Gasteiger partial charge is 0.493 e. The molecule has 0 saturated heterocycles. The average molecular weight is 485 g/mol. The van der Waals surface area contributed by atoms with Crippen molar-refractivity contribution in [2.75, 3.05) is 35.4 Å². The minimum atomic E-state index is 0. The van der Waals surface area contributed by atoms with E-state index in [0.29, 0.717) is 30.3 Å². The van der Waals surface area contributed by atoms with Gasteiger partial charge in [-0.25, -0.2) is 4.99 Å². The maximum absolute atomic E-state index is 5.53. The molecule has 0 fully saturated rings.